The molecule has 0 spiro atoms. The summed E-state index contributed by atoms with van der Waals surface area (Å²) in [4.78, 5) is 12.1. The minimum atomic E-state index is -3.93. The number of sulfonamides is 1. The average Bonchev–Trinajstić information content (AvgIpc) is 3.14. The van der Waals surface area contributed by atoms with Crippen LogP contribution >= 0.6 is 0 Å². The molecule has 2 N–H and O–H groups in total. The minimum absolute atomic E-state index is 0.0329. The molecule has 0 saturated heterocycles. The smallest absolute Gasteiger partial charge is 0.328 e. The molecule has 7 nitrogen and oxygen atoms in total. The van der Waals surface area contributed by atoms with Gasteiger partial charge in [0.2, 0.25) is 0 Å². The van der Waals surface area contributed by atoms with Crippen LogP contribution in [0.5, 0.6) is 0 Å². The monoisotopic (exact) mass is 506 g/mol. The van der Waals surface area contributed by atoms with Crippen LogP contribution in [0, 0.1) is 26.6 Å². The topological polar surface area (TPSA) is 93.1 Å². The number of aryl methyl sites for hydroxylation is 2. The molecule has 4 rings (SSSR count). The highest BCUT2D eigenvalue weighted by Gasteiger charge is 2.17. The lowest BCUT2D eigenvalue weighted by Crippen LogP contribution is -2.40. The Bertz CT molecular complexity index is 1480. The third-order valence-electron chi connectivity index (χ3n) is 5.86. The van der Waals surface area contributed by atoms with E-state index in [1.165, 1.54) is 24.3 Å². The highest BCUT2D eigenvalue weighted by molar-refractivity contribution is 7.90. The van der Waals surface area contributed by atoms with Gasteiger partial charge in [-0.2, -0.15) is 5.10 Å². The summed E-state index contributed by atoms with van der Waals surface area (Å²) in [5.74, 6) is -0.281. The molecule has 0 aliphatic heterocycles. The van der Waals surface area contributed by atoms with E-state index >= 15 is 0 Å². The maximum Gasteiger partial charge on any atom is 0.328 e. The molecule has 0 atom stereocenters. The van der Waals surface area contributed by atoms with Gasteiger partial charge in [-0.15, -0.1) is 0 Å². The van der Waals surface area contributed by atoms with Crippen molar-refractivity contribution in [3.8, 4) is 16.8 Å². The summed E-state index contributed by atoms with van der Waals surface area (Å²) in [6, 6.07) is 19.6. The zero-order chi connectivity index (χ0) is 25.9. The second kappa shape index (κ2) is 10.3. The van der Waals surface area contributed by atoms with E-state index in [2.05, 4.69) is 10.4 Å². The van der Waals surface area contributed by atoms with E-state index in [-0.39, 0.29) is 17.3 Å². The number of nitrogens with one attached hydrogen (secondary N) is 2. The molecule has 0 radical (unpaired) electrons. The summed E-state index contributed by atoms with van der Waals surface area (Å²) in [5.41, 5.74) is 6.44. The van der Waals surface area contributed by atoms with E-state index in [4.69, 9.17) is 0 Å². The molecule has 36 heavy (non-hydrogen) atoms. The number of urea groups is 1. The molecule has 9 heteroatoms. The first-order chi connectivity index (χ1) is 17.1. The van der Waals surface area contributed by atoms with Crippen molar-refractivity contribution in [2.45, 2.75) is 32.1 Å². The average molecular weight is 507 g/mol. The molecular formula is C27H27FN4O3S. The normalized spacial score (nSPS) is 11.3. The number of benzene rings is 3. The van der Waals surface area contributed by atoms with E-state index in [0.29, 0.717) is 6.42 Å². The lowest BCUT2D eigenvalue weighted by Gasteiger charge is -2.10. The predicted octanol–water partition coefficient (Wildman–Crippen LogP) is 4.83. The van der Waals surface area contributed by atoms with Crippen LogP contribution < -0.4 is 10.0 Å². The molecule has 186 valence electrons. The number of amides is 2. The Morgan fingerprint density at radius 3 is 2.19 bits per heavy atom. The van der Waals surface area contributed by atoms with Gasteiger partial charge < -0.3 is 5.32 Å². The number of carbonyl (C=O) groups is 1. The first-order valence-corrected chi connectivity index (χ1v) is 12.9. The number of nitrogens with zero attached hydrogens (tertiary/aromatic N) is 2. The van der Waals surface area contributed by atoms with Crippen LogP contribution in [0.1, 0.15) is 22.5 Å². The van der Waals surface area contributed by atoms with Crippen molar-refractivity contribution in [1.29, 1.82) is 0 Å². The highest BCUT2D eigenvalue weighted by atomic mass is 32.2. The van der Waals surface area contributed by atoms with E-state index in [0.717, 1.165) is 39.3 Å². The summed E-state index contributed by atoms with van der Waals surface area (Å²) in [6.45, 7) is 6.01. The summed E-state index contributed by atoms with van der Waals surface area (Å²) >= 11 is 0. The molecule has 4 aromatic rings. The van der Waals surface area contributed by atoms with Crippen molar-refractivity contribution >= 4 is 16.1 Å². The summed E-state index contributed by atoms with van der Waals surface area (Å²) < 4.78 is 41.8. The molecule has 0 bridgehead atoms. The fourth-order valence-electron chi connectivity index (χ4n) is 3.99. The number of hydrogen-bond acceptors (Lipinski definition) is 4. The zero-order valence-electron chi connectivity index (χ0n) is 20.2. The van der Waals surface area contributed by atoms with Crippen molar-refractivity contribution in [3.05, 3.63) is 101 Å². The molecule has 0 fully saturated rings. The molecule has 0 aliphatic carbocycles. The summed E-state index contributed by atoms with van der Waals surface area (Å²) in [7, 11) is -3.93. The van der Waals surface area contributed by atoms with Gasteiger partial charge in [-0.05, 0) is 74.7 Å². The maximum absolute atomic E-state index is 13.3. The van der Waals surface area contributed by atoms with Crippen LogP contribution in [-0.4, -0.2) is 30.8 Å². The van der Waals surface area contributed by atoms with Gasteiger partial charge in [0.1, 0.15) is 5.82 Å². The molecule has 0 saturated carbocycles. The molecule has 0 unspecified atom stereocenters. The number of rotatable bonds is 7. The number of hydrogen-bond donors (Lipinski definition) is 2. The van der Waals surface area contributed by atoms with E-state index in [9.17, 15) is 17.6 Å². The Hall–Kier alpha value is -3.98. The second-order valence-corrected chi connectivity index (χ2v) is 10.2. The molecular weight excluding hydrogens is 479 g/mol. The predicted molar refractivity (Wildman–Crippen MR) is 137 cm³/mol. The Balaban J connectivity index is 1.36. The van der Waals surface area contributed by atoms with Gasteiger partial charge >= 0.3 is 6.03 Å². The quantitative estimate of drug-likeness (QED) is 0.375. The van der Waals surface area contributed by atoms with Gasteiger partial charge in [0.25, 0.3) is 10.0 Å². The van der Waals surface area contributed by atoms with Crippen LogP contribution in [-0.2, 0) is 16.4 Å². The molecule has 2 amide bonds. The van der Waals surface area contributed by atoms with Crippen molar-refractivity contribution < 1.29 is 17.6 Å². The Morgan fingerprint density at radius 2 is 1.56 bits per heavy atom. The SMILES string of the molecule is Cc1ccc(S(=O)(=O)NC(=O)NCCc2ccc(-n3nc(C)c(-c4ccc(F)cc4)c3C)cc2)cc1. The van der Waals surface area contributed by atoms with Crippen LogP contribution in [0.4, 0.5) is 9.18 Å². The van der Waals surface area contributed by atoms with Crippen molar-refractivity contribution in [2.24, 2.45) is 0 Å². The lowest BCUT2D eigenvalue weighted by atomic mass is 10.0. The lowest BCUT2D eigenvalue weighted by molar-refractivity contribution is 0.246. The molecule has 1 heterocycles. The Morgan fingerprint density at radius 1 is 0.917 bits per heavy atom. The third kappa shape index (κ3) is 5.63. The fraction of sp³-hybridized carbons (Fsp3) is 0.185. The van der Waals surface area contributed by atoms with Crippen molar-refractivity contribution in [3.63, 3.8) is 0 Å². The highest BCUT2D eigenvalue weighted by Crippen LogP contribution is 2.29. The number of aromatic nitrogens is 2. The first kappa shape index (κ1) is 25.1. The molecule has 1 aromatic heterocycles. The second-order valence-electron chi connectivity index (χ2n) is 8.56. The van der Waals surface area contributed by atoms with Crippen LogP contribution in [0.15, 0.2) is 77.7 Å². The fourth-order valence-corrected chi connectivity index (χ4v) is 4.92. The molecule has 0 aliphatic rings. The minimum Gasteiger partial charge on any atom is -0.337 e. The van der Waals surface area contributed by atoms with Gasteiger partial charge in [-0.3, -0.25) is 0 Å². The van der Waals surface area contributed by atoms with Gasteiger partial charge in [-0.25, -0.2) is 27.0 Å². The van der Waals surface area contributed by atoms with Crippen molar-refractivity contribution in [1.82, 2.24) is 19.8 Å². The molecule has 3 aromatic carbocycles. The van der Waals surface area contributed by atoms with E-state index in [1.807, 2.05) is 54.4 Å². The van der Waals surface area contributed by atoms with Gasteiger partial charge in [0.05, 0.1) is 16.3 Å². The Kier molecular flexibility index (Phi) is 7.21. The van der Waals surface area contributed by atoms with Gasteiger partial charge in [-0.1, -0.05) is 42.0 Å². The maximum atomic E-state index is 13.3. The summed E-state index contributed by atoms with van der Waals surface area (Å²) in [5, 5.41) is 7.24. The third-order valence-corrected chi connectivity index (χ3v) is 7.21. The van der Waals surface area contributed by atoms with Crippen LogP contribution in [0.3, 0.4) is 0 Å². The van der Waals surface area contributed by atoms with E-state index < -0.39 is 16.1 Å². The zero-order valence-corrected chi connectivity index (χ0v) is 21.1. The van der Waals surface area contributed by atoms with Crippen molar-refractivity contribution in [2.75, 3.05) is 6.54 Å². The van der Waals surface area contributed by atoms with E-state index in [1.54, 1.807) is 24.3 Å². The Labute approximate surface area is 210 Å². The number of carbonyl (C=O) groups excluding carboxylic acids is 1. The first-order valence-electron chi connectivity index (χ1n) is 11.4. The standard InChI is InChI=1S/C27H27FN4O3S/c1-18-4-14-25(15-5-18)36(34,35)31-27(33)29-17-16-21-6-12-24(13-7-21)32-20(3)26(19(2)30-32)22-8-10-23(28)11-9-22/h4-15H,16-17H2,1-3H3,(H2,29,31,33). The summed E-state index contributed by atoms with van der Waals surface area (Å²) in [6.07, 6.45) is 0.524. The van der Waals surface area contributed by atoms with Gasteiger partial charge in [0, 0.05) is 17.8 Å². The largest absolute Gasteiger partial charge is 0.337 e. The van der Waals surface area contributed by atoms with Crippen LogP contribution in [0.25, 0.3) is 16.8 Å². The van der Waals surface area contributed by atoms with Gasteiger partial charge in [0.15, 0.2) is 0 Å². The number of halogens is 1. The van der Waals surface area contributed by atoms with Crippen LogP contribution in [0.2, 0.25) is 0 Å².